The van der Waals surface area contributed by atoms with E-state index in [2.05, 4.69) is 15.3 Å². The predicted octanol–water partition coefficient (Wildman–Crippen LogP) is 1.46. The molecular formula is C13H16N4O3. The minimum absolute atomic E-state index is 0.0737. The van der Waals surface area contributed by atoms with Gasteiger partial charge in [0.1, 0.15) is 5.69 Å². The van der Waals surface area contributed by atoms with Crippen molar-refractivity contribution in [2.45, 2.75) is 19.4 Å². The van der Waals surface area contributed by atoms with Gasteiger partial charge in [0.25, 0.3) is 0 Å². The van der Waals surface area contributed by atoms with Crippen molar-refractivity contribution in [2.24, 2.45) is 0 Å². The molecule has 0 saturated carbocycles. The van der Waals surface area contributed by atoms with Crippen molar-refractivity contribution in [1.29, 1.82) is 0 Å². The van der Waals surface area contributed by atoms with Gasteiger partial charge in [-0.3, -0.25) is 4.98 Å². The van der Waals surface area contributed by atoms with Crippen LogP contribution in [0.1, 0.15) is 23.3 Å². The molecule has 0 aliphatic carbocycles. The quantitative estimate of drug-likeness (QED) is 0.770. The van der Waals surface area contributed by atoms with Gasteiger partial charge in [0.2, 0.25) is 0 Å². The maximum Gasteiger partial charge on any atom is 0.358 e. The topological polar surface area (TPSA) is 90.1 Å². The van der Waals surface area contributed by atoms with E-state index < -0.39 is 5.97 Å². The number of ether oxygens (including phenoxy) is 1. The molecule has 0 fully saturated rings. The Hall–Kier alpha value is -2.28. The van der Waals surface area contributed by atoms with Crippen LogP contribution >= 0.6 is 0 Å². The first-order chi connectivity index (χ1) is 9.74. The SMILES string of the molecule is COCCCCn1nnc(C(=O)O)c1-c1ccccn1. The highest BCUT2D eigenvalue weighted by Crippen LogP contribution is 2.20. The molecule has 7 nitrogen and oxygen atoms in total. The van der Waals surface area contributed by atoms with Gasteiger partial charge in [0, 0.05) is 26.5 Å². The van der Waals surface area contributed by atoms with Gasteiger partial charge < -0.3 is 9.84 Å². The molecule has 106 valence electrons. The largest absolute Gasteiger partial charge is 0.476 e. The van der Waals surface area contributed by atoms with E-state index in [1.165, 1.54) is 0 Å². The number of carboxylic acid groups (broad SMARTS) is 1. The Bertz CT molecular complexity index is 568. The molecule has 1 N–H and O–H groups in total. The summed E-state index contributed by atoms with van der Waals surface area (Å²) in [5.74, 6) is -1.10. The average molecular weight is 276 g/mol. The standard InChI is InChI=1S/C13H16N4O3/c1-20-9-5-4-8-17-12(10-6-2-3-7-14-10)11(13(18)19)15-16-17/h2-3,6-7H,4-5,8-9H2,1H3,(H,18,19). The summed E-state index contributed by atoms with van der Waals surface area (Å²) in [5.41, 5.74) is 0.924. The molecule has 0 radical (unpaired) electrons. The maximum atomic E-state index is 11.2. The number of rotatable bonds is 7. The number of hydrogen-bond acceptors (Lipinski definition) is 5. The fraction of sp³-hybridized carbons (Fsp3) is 0.385. The molecule has 0 amide bonds. The minimum atomic E-state index is -1.10. The van der Waals surface area contributed by atoms with Crippen LogP contribution in [0.2, 0.25) is 0 Å². The van der Waals surface area contributed by atoms with Gasteiger partial charge in [-0.25, -0.2) is 9.48 Å². The molecule has 7 heteroatoms. The Kier molecular flexibility index (Phi) is 4.78. The fourth-order valence-electron chi connectivity index (χ4n) is 1.88. The summed E-state index contributed by atoms with van der Waals surface area (Å²) >= 11 is 0. The third kappa shape index (κ3) is 3.18. The number of aromatic nitrogens is 4. The molecule has 0 bridgehead atoms. The Morgan fingerprint density at radius 3 is 2.90 bits per heavy atom. The van der Waals surface area contributed by atoms with Crippen LogP contribution in [-0.2, 0) is 11.3 Å². The zero-order valence-electron chi connectivity index (χ0n) is 11.2. The van der Waals surface area contributed by atoms with E-state index in [-0.39, 0.29) is 5.69 Å². The number of aryl methyl sites for hydroxylation is 1. The zero-order valence-corrected chi connectivity index (χ0v) is 11.2. The molecule has 2 heterocycles. The Morgan fingerprint density at radius 2 is 2.25 bits per heavy atom. The van der Waals surface area contributed by atoms with Crippen LogP contribution in [0.15, 0.2) is 24.4 Å². The molecule has 2 rings (SSSR count). The lowest BCUT2D eigenvalue weighted by Gasteiger charge is -2.06. The molecule has 0 spiro atoms. The molecule has 2 aromatic rings. The lowest BCUT2D eigenvalue weighted by atomic mass is 10.2. The summed E-state index contributed by atoms with van der Waals surface area (Å²) in [5, 5.41) is 16.8. The lowest BCUT2D eigenvalue weighted by molar-refractivity contribution is 0.0691. The van der Waals surface area contributed by atoms with Crippen LogP contribution in [0.4, 0.5) is 0 Å². The fourth-order valence-corrected chi connectivity index (χ4v) is 1.88. The number of carboxylic acids is 1. The first-order valence-corrected chi connectivity index (χ1v) is 6.31. The van der Waals surface area contributed by atoms with Crippen molar-refractivity contribution in [3.05, 3.63) is 30.1 Å². The number of aromatic carboxylic acids is 1. The Morgan fingerprint density at radius 1 is 1.40 bits per heavy atom. The Balaban J connectivity index is 2.26. The lowest BCUT2D eigenvalue weighted by Crippen LogP contribution is -2.06. The molecule has 0 aliphatic rings. The summed E-state index contributed by atoms with van der Waals surface area (Å²) in [6.45, 7) is 1.24. The van der Waals surface area contributed by atoms with Gasteiger partial charge in [-0.1, -0.05) is 11.3 Å². The molecule has 0 atom stereocenters. The second-order valence-electron chi connectivity index (χ2n) is 4.23. The second kappa shape index (κ2) is 6.76. The monoisotopic (exact) mass is 276 g/mol. The number of pyridine rings is 1. The van der Waals surface area contributed by atoms with Crippen LogP contribution in [0, 0.1) is 0 Å². The summed E-state index contributed by atoms with van der Waals surface area (Å²) in [6, 6.07) is 5.32. The molecule has 2 aromatic heterocycles. The van der Waals surface area contributed by atoms with E-state index >= 15 is 0 Å². The van der Waals surface area contributed by atoms with Gasteiger partial charge in [-0.15, -0.1) is 5.10 Å². The average Bonchev–Trinajstić information content (AvgIpc) is 2.88. The summed E-state index contributed by atoms with van der Waals surface area (Å²) < 4.78 is 6.57. The van der Waals surface area contributed by atoms with E-state index in [0.717, 1.165) is 12.8 Å². The number of methoxy groups -OCH3 is 1. The predicted molar refractivity (Wildman–Crippen MR) is 71.3 cm³/mol. The molecule has 0 aromatic carbocycles. The van der Waals surface area contributed by atoms with Crippen LogP contribution < -0.4 is 0 Å². The number of nitrogens with zero attached hydrogens (tertiary/aromatic N) is 4. The van der Waals surface area contributed by atoms with Gasteiger partial charge in [0.05, 0.1) is 5.69 Å². The molecule has 20 heavy (non-hydrogen) atoms. The zero-order chi connectivity index (χ0) is 14.4. The highest BCUT2D eigenvalue weighted by Gasteiger charge is 2.21. The van der Waals surface area contributed by atoms with Crippen molar-refractivity contribution in [3.63, 3.8) is 0 Å². The number of hydrogen-bond donors (Lipinski definition) is 1. The maximum absolute atomic E-state index is 11.2. The first-order valence-electron chi connectivity index (χ1n) is 6.31. The van der Waals surface area contributed by atoms with Crippen LogP contribution in [0.25, 0.3) is 11.4 Å². The second-order valence-corrected chi connectivity index (χ2v) is 4.23. The number of unbranched alkanes of at least 4 members (excludes halogenated alkanes) is 1. The first kappa shape index (κ1) is 14.1. The molecule has 0 aliphatic heterocycles. The highest BCUT2D eigenvalue weighted by molar-refractivity contribution is 5.92. The third-order valence-corrected chi connectivity index (χ3v) is 2.81. The van der Waals surface area contributed by atoms with Gasteiger partial charge in [-0.05, 0) is 25.0 Å². The normalized spacial score (nSPS) is 10.7. The van der Waals surface area contributed by atoms with E-state index in [1.807, 2.05) is 0 Å². The van der Waals surface area contributed by atoms with Crippen LogP contribution in [0.5, 0.6) is 0 Å². The van der Waals surface area contributed by atoms with E-state index in [1.54, 1.807) is 36.2 Å². The third-order valence-electron chi connectivity index (χ3n) is 2.81. The van der Waals surface area contributed by atoms with Crippen molar-refractivity contribution in [1.82, 2.24) is 20.0 Å². The summed E-state index contributed by atoms with van der Waals surface area (Å²) in [6.07, 6.45) is 3.32. The highest BCUT2D eigenvalue weighted by atomic mass is 16.5. The number of carbonyl (C=O) groups is 1. The molecular weight excluding hydrogens is 260 g/mol. The van der Waals surface area contributed by atoms with Gasteiger partial charge in [-0.2, -0.15) is 0 Å². The van der Waals surface area contributed by atoms with Crippen molar-refractivity contribution >= 4 is 5.97 Å². The minimum Gasteiger partial charge on any atom is -0.476 e. The van der Waals surface area contributed by atoms with Gasteiger partial charge in [0.15, 0.2) is 5.69 Å². The van der Waals surface area contributed by atoms with Crippen LogP contribution in [0.3, 0.4) is 0 Å². The van der Waals surface area contributed by atoms with E-state index in [4.69, 9.17) is 4.74 Å². The van der Waals surface area contributed by atoms with Gasteiger partial charge >= 0.3 is 5.97 Å². The molecule has 0 unspecified atom stereocenters. The van der Waals surface area contributed by atoms with Crippen LogP contribution in [-0.4, -0.2) is 44.8 Å². The molecule has 0 saturated heterocycles. The smallest absolute Gasteiger partial charge is 0.358 e. The van der Waals surface area contributed by atoms with Crippen molar-refractivity contribution in [2.75, 3.05) is 13.7 Å². The Labute approximate surface area is 116 Å². The summed E-state index contributed by atoms with van der Waals surface area (Å²) in [7, 11) is 1.65. The van der Waals surface area contributed by atoms with E-state index in [0.29, 0.717) is 24.5 Å². The van der Waals surface area contributed by atoms with Crippen molar-refractivity contribution in [3.8, 4) is 11.4 Å². The van der Waals surface area contributed by atoms with E-state index in [9.17, 15) is 9.90 Å². The van der Waals surface area contributed by atoms with Crippen molar-refractivity contribution < 1.29 is 14.6 Å². The summed E-state index contributed by atoms with van der Waals surface area (Å²) in [4.78, 5) is 15.4.